The third-order valence-corrected chi connectivity index (χ3v) is 2.48. The van der Waals surface area contributed by atoms with E-state index in [0.29, 0.717) is 0 Å². The van der Waals surface area contributed by atoms with Crippen LogP contribution in [0.1, 0.15) is 43.2 Å². The minimum absolute atomic E-state index is 1.01. The van der Waals surface area contributed by atoms with Crippen molar-refractivity contribution >= 4 is 0 Å². The Morgan fingerprint density at radius 1 is 0.733 bits per heavy atom. The highest BCUT2D eigenvalue weighted by Gasteiger charge is 1.95. The van der Waals surface area contributed by atoms with Crippen molar-refractivity contribution in [3.8, 4) is 23.7 Å². The molecule has 0 atom stereocenters. The van der Waals surface area contributed by atoms with E-state index in [-0.39, 0.29) is 0 Å². The molecule has 0 aliphatic heterocycles. The van der Waals surface area contributed by atoms with Crippen molar-refractivity contribution in [2.24, 2.45) is 0 Å². The molecule has 1 aliphatic rings. The van der Waals surface area contributed by atoms with Crippen molar-refractivity contribution in [3.63, 3.8) is 0 Å². The summed E-state index contributed by atoms with van der Waals surface area (Å²) < 4.78 is 0. The Bertz CT molecular complexity index is 403. The Morgan fingerprint density at radius 2 is 1.27 bits per heavy atom. The molecular formula is C15H14. The van der Waals surface area contributed by atoms with Crippen LogP contribution in [0.5, 0.6) is 0 Å². The van der Waals surface area contributed by atoms with Crippen LogP contribution in [0.25, 0.3) is 0 Å². The molecule has 0 saturated carbocycles. The van der Waals surface area contributed by atoms with Crippen molar-refractivity contribution in [3.05, 3.63) is 35.4 Å². The van der Waals surface area contributed by atoms with E-state index >= 15 is 0 Å². The molecule has 1 aliphatic carbocycles. The van der Waals surface area contributed by atoms with Crippen LogP contribution >= 0.6 is 0 Å². The fraction of sp³-hybridized carbons (Fsp3) is 0.333. The van der Waals surface area contributed by atoms with Gasteiger partial charge in [-0.1, -0.05) is 42.2 Å². The van der Waals surface area contributed by atoms with Gasteiger partial charge in [0.1, 0.15) is 0 Å². The summed E-state index contributed by atoms with van der Waals surface area (Å²) in [6.45, 7) is 0. The van der Waals surface area contributed by atoms with Crippen molar-refractivity contribution < 1.29 is 0 Å². The second kappa shape index (κ2) is 5.28. The van der Waals surface area contributed by atoms with Gasteiger partial charge < -0.3 is 0 Å². The molecule has 0 N–H and O–H groups in total. The van der Waals surface area contributed by atoms with Gasteiger partial charge in [0.25, 0.3) is 0 Å². The molecule has 0 bridgehead atoms. The smallest absolute Gasteiger partial charge is 0.0401 e. The number of benzene rings is 1. The van der Waals surface area contributed by atoms with E-state index in [2.05, 4.69) is 35.8 Å². The molecule has 0 spiro atoms. The van der Waals surface area contributed by atoms with Gasteiger partial charge in [0, 0.05) is 24.0 Å². The molecule has 1 aromatic rings. The zero-order valence-electron chi connectivity index (χ0n) is 8.84. The Morgan fingerprint density at radius 3 is 1.80 bits per heavy atom. The minimum Gasteiger partial charge on any atom is -0.0978 e. The molecule has 0 saturated heterocycles. The van der Waals surface area contributed by atoms with Crippen LogP contribution < -0.4 is 0 Å². The van der Waals surface area contributed by atoms with Crippen molar-refractivity contribution in [2.45, 2.75) is 32.1 Å². The lowest BCUT2D eigenvalue weighted by Crippen LogP contribution is -1.81. The van der Waals surface area contributed by atoms with Crippen LogP contribution in [-0.4, -0.2) is 0 Å². The topological polar surface area (TPSA) is 0 Å². The van der Waals surface area contributed by atoms with Gasteiger partial charge in [0.2, 0.25) is 0 Å². The van der Waals surface area contributed by atoms with Gasteiger partial charge >= 0.3 is 0 Å². The molecule has 0 fully saturated rings. The quantitative estimate of drug-likeness (QED) is 0.555. The van der Waals surface area contributed by atoms with Crippen LogP contribution in [0, 0.1) is 23.7 Å². The third kappa shape index (κ3) is 2.90. The average molecular weight is 194 g/mol. The summed E-state index contributed by atoms with van der Waals surface area (Å²) in [5, 5.41) is 0. The standard InChI is InChI=1S/C15H14/c1-2-4-6-10-14-12-8-9-13-15(14)11-7-5-3-1/h8-9,12-13H,1-5H2. The molecule has 0 aromatic heterocycles. The summed E-state index contributed by atoms with van der Waals surface area (Å²) in [5.74, 6) is 12.9. The third-order valence-electron chi connectivity index (χ3n) is 2.48. The molecule has 15 heavy (non-hydrogen) atoms. The first kappa shape index (κ1) is 9.88. The maximum Gasteiger partial charge on any atom is 0.0401 e. The molecule has 2 rings (SSSR count). The summed E-state index contributed by atoms with van der Waals surface area (Å²) in [6, 6.07) is 8.15. The van der Waals surface area contributed by atoms with Crippen LogP contribution in [-0.2, 0) is 0 Å². The molecule has 0 heterocycles. The molecule has 0 amide bonds. The van der Waals surface area contributed by atoms with Gasteiger partial charge in [-0.15, -0.1) is 0 Å². The van der Waals surface area contributed by atoms with Gasteiger partial charge in [-0.3, -0.25) is 0 Å². The normalized spacial score (nSPS) is 14.7. The van der Waals surface area contributed by atoms with E-state index in [1.54, 1.807) is 0 Å². The molecule has 0 unspecified atom stereocenters. The first-order chi connectivity index (χ1) is 7.47. The molecule has 0 nitrogen and oxygen atoms in total. The van der Waals surface area contributed by atoms with E-state index < -0.39 is 0 Å². The monoisotopic (exact) mass is 194 g/mol. The highest BCUT2D eigenvalue weighted by molar-refractivity contribution is 5.49. The summed E-state index contributed by atoms with van der Waals surface area (Å²) in [5.41, 5.74) is 2.15. The van der Waals surface area contributed by atoms with Gasteiger partial charge in [-0.05, 0) is 25.0 Å². The van der Waals surface area contributed by atoms with Crippen molar-refractivity contribution in [2.75, 3.05) is 0 Å². The van der Waals surface area contributed by atoms with Crippen LogP contribution in [0.2, 0.25) is 0 Å². The minimum atomic E-state index is 1.01. The number of hydrogen-bond donors (Lipinski definition) is 0. The molecule has 1 aromatic carbocycles. The average Bonchev–Trinajstić information content (AvgIpc) is 2.32. The second-order valence-electron chi connectivity index (χ2n) is 3.71. The maximum absolute atomic E-state index is 3.22. The molecule has 0 radical (unpaired) electrons. The van der Waals surface area contributed by atoms with Crippen LogP contribution in [0.4, 0.5) is 0 Å². The van der Waals surface area contributed by atoms with Gasteiger partial charge in [0.15, 0.2) is 0 Å². The largest absolute Gasteiger partial charge is 0.0978 e. The second-order valence-corrected chi connectivity index (χ2v) is 3.71. The summed E-state index contributed by atoms with van der Waals surface area (Å²) in [6.07, 6.45) is 5.68. The predicted octanol–water partition coefficient (Wildman–Crippen LogP) is 3.35. The summed E-state index contributed by atoms with van der Waals surface area (Å²) >= 11 is 0. The van der Waals surface area contributed by atoms with Crippen molar-refractivity contribution in [1.82, 2.24) is 0 Å². The van der Waals surface area contributed by atoms with Crippen LogP contribution in [0.3, 0.4) is 0 Å². The molecular weight excluding hydrogens is 180 g/mol. The number of rotatable bonds is 0. The fourth-order valence-electron chi connectivity index (χ4n) is 1.62. The highest BCUT2D eigenvalue weighted by atomic mass is 14.0. The molecule has 0 heteroatoms. The first-order valence-corrected chi connectivity index (χ1v) is 5.53. The Kier molecular flexibility index (Phi) is 3.48. The summed E-state index contributed by atoms with van der Waals surface area (Å²) in [4.78, 5) is 0. The Balaban J connectivity index is 2.34. The van der Waals surface area contributed by atoms with E-state index in [9.17, 15) is 0 Å². The lowest BCUT2D eigenvalue weighted by Gasteiger charge is -1.94. The highest BCUT2D eigenvalue weighted by Crippen LogP contribution is 2.08. The first-order valence-electron chi connectivity index (χ1n) is 5.53. The predicted molar refractivity (Wildman–Crippen MR) is 63.3 cm³/mol. The lowest BCUT2D eigenvalue weighted by molar-refractivity contribution is 0.709. The van der Waals surface area contributed by atoms with Gasteiger partial charge in [0.05, 0.1) is 0 Å². The Labute approximate surface area is 91.7 Å². The SMILES string of the molecule is C1#Cc2ccccc2C#CCCCCC1. The number of fused-ring (bicyclic) bond motifs is 1. The van der Waals surface area contributed by atoms with Crippen LogP contribution in [0.15, 0.2) is 24.3 Å². The van der Waals surface area contributed by atoms with Gasteiger partial charge in [-0.25, -0.2) is 0 Å². The summed E-state index contributed by atoms with van der Waals surface area (Å²) in [7, 11) is 0. The molecule has 74 valence electrons. The van der Waals surface area contributed by atoms with Gasteiger partial charge in [-0.2, -0.15) is 0 Å². The van der Waals surface area contributed by atoms with Crippen molar-refractivity contribution in [1.29, 1.82) is 0 Å². The fourth-order valence-corrected chi connectivity index (χ4v) is 1.62. The van der Waals surface area contributed by atoms with E-state index in [0.717, 1.165) is 24.0 Å². The number of hydrogen-bond acceptors (Lipinski definition) is 0. The lowest BCUT2D eigenvalue weighted by atomic mass is 10.1. The zero-order chi connectivity index (χ0) is 10.3. The zero-order valence-corrected chi connectivity index (χ0v) is 8.84. The van der Waals surface area contributed by atoms with E-state index in [4.69, 9.17) is 0 Å². The van der Waals surface area contributed by atoms with E-state index in [1.807, 2.05) is 12.1 Å². The maximum atomic E-state index is 3.22. The Hall–Kier alpha value is -1.66. The van der Waals surface area contributed by atoms with E-state index in [1.165, 1.54) is 19.3 Å².